The molecule has 0 saturated carbocycles. The van der Waals surface area contributed by atoms with Crippen LogP contribution in [-0.2, 0) is 4.79 Å². The molecule has 1 amide bonds. The van der Waals surface area contributed by atoms with Crippen LogP contribution in [0.25, 0.3) is 0 Å². The minimum absolute atomic E-state index is 0.0159. The van der Waals surface area contributed by atoms with Gasteiger partial charge in [-0.05, 0) is 38.6 Å². The number of hydrogen-bond acceptors (Lipinski definition) is 6. The van der Waals surface area contributed by atoms with Crippen LogP contribution in [0.15, 0.2) is 41.5 Å². The fourth-order valence-electron chi connectivity index (χ4n) is 4.65. The van der Waals surface area contributed by atoms with Crippen molar-refractivity contribution >= 4 is 11.6 Å². The van der Waals surface area contributed by atoms with Crippen molar-refractivity contribution < 1.29 is 14.3 Å². The highest BCUT2D eigenvalue weighted by molar-refractivity contribution is 6.04. The predicted molar refractivity (Wildman–Crippen MR) is 130 cm³/mol. The summed E-state index contributed by atoms with van der Waals surface area (Å²) in [6, 6.07) is 11.9. The fraction of sp³-hybridized carbons (Fsp3) is 0.462. The summed E-state index contributed by atoms with van der Waals surface area (Å²) in [7, 11) is 5.40. The Morgan fingerprint density at radius 1 is 1.03 bits per heavy atom. The third kappa shape index (κ3) is 5.04. The van der Waals surface area contributed by atoms with Crippen molar-refractivity contribution in [1.82, 2.24) is 14.8 Å². The molecule has 0 aromatic heterocycles. The van der Waals surface area contributed by atoms with E-state index in [0.29, 0.717) is 18.7 Å². The Kier molecular flexibility index (Phi) is 7.00. The molecule has 7 nitrogen and oxygen atoms in total. The molecule has 0 aliphatic carbocycles. The average molecular weight is 451 g/mol. The fourth-order valence-corrected chi connectivity index (χ4v) is 4.65. The number of hydrogen-bond donors (Lipinski definition) is 0. The lowest BCUT2D eigenvalue weighted by atomic mass is 9.94. The summed E-state index contributed by atoms with van der Waals surface area (Å²) in [5.74, 6) is 1.44. The van der Waals surface area contributed by atoms with Gasteiger partial charge in [0.15, 0.2) is 0 Å². The van der Waals surface area contributed by atoms with Crippen LogP contribution >= 0.6 is 0 Å². The molecule has 0 spiro atoms. The zero-order valence-electron chi connectivity index (χ0n) is 20.3. The molecule has 33 heavy (non-hydrogen) atoms. The third-order valence-corrected chi connectivity index (χ3v) is 6.61. The summed E-state index contributed by atoms with van der Waals surface area (Å²) in [4.78, 5) is 18.0. The summed E-state index contributed by atoms with van der Waals surface area (Å²) < 4.78 is 11.1. The van der Waals surface area contributed by atoms with Gasteiger partial charge in [-0.15, -0.1) is 0 Å². The Hall–Kier alpha value is -2.90. The van der Waals surface area contributed by atoms with E-state index in [-0.39, 0.29) is 11.9 Å². The van der Waals surface area contributed by atoms with E-state index in [1.807, 2.05) is 18.2 Å². The molecule has 2 heterocycles. The van der Waals surface area contributed by atoms with Crippen molar-refractivity contribution in [3.05, 3.63) is 58.7 Å². The Morgan fingerprint density at radius 2 is 1.79 bits per heavy atom. The van der Waals surface area contributed by atoms with Gasteiger partial charge in [0, 0.05) is 49.8 Å². The van der Waals surface area contributed by atoms with Crippen LogP contribution in [0.2, 0.25) is 0 Å². The van der Waals surface area contributed by atoms with E-state index in [0.717, 1.165) is 48.8 Å². The lowest BCUT2D eigenvalue weighted by Crippen LogP contribution is -2.48. The average Bonchev–Trinajstić information content (AvgIpc) is 3.25. The normalized spacial score (nSPS) is 19.5. The Labute approximate surface area is 196 Å². The summed E-state index contributed by atoms with van der Waals surface area (Å²) in [5, 5.41) is 6.56. The van der Waals surface area contributed by atoms with Crippen molar-refractivity contribution in [1.29, 1.82) is 0 Å². The molecule has 4 rings (SSSR count). The van der Waals surface area contributed by atoms with E-state index in [9.17, 15) is 4.79 Å². The molecule has 2 aromatic carbocycles. The summed E-state index contributed by atoms with van der Waals surface area (Å²) in [6.07, 6.45) is 0.640. The lowest BCUT2D eigenvalue weighted by molar-refractivity contribution is -0.134. The van der Waals surface area contributed by atoms with Gasteiger partial charge < -0.3 is 14.4 Å². The van der Waals surface area contributed by atoms with Gasteiger partial charge in [0.2, 0.25) is 0 Å². The maximum atomic E-state index is 13.5. The zero-order valence-corrected chi connectivity index (χ0v) is 20.3. The number of methoxy groups -OCH3 is 2. The molecule has 2 aliphatic rings. The number of carbonyl (C=O) groups excluding carboxylic acids is 1. The molecule has 0 bridgehead atoms. The van der Waals surface area contributed by atoms with Crippen LogP contribution in [-0.4, -0.2) is 80.4 Å². The second kappa shape index (κ2) is 9.93. The molecule has 1 fully saturated rings. The molecule has 2 aromatic rings. The van der Waals surface area contributed by atoms with Crippen LogP contribution in [0, 0.1) is 13.8 Å². The number of nitrogens with zero attached hydrogens (tertiary/aromatic N) is 4. The zero-order chi connectivity index (χ0) is 23.5. The maximum Gasteiger partial charge on any atom is 0.257 e. The molecular weight excluding hydrogens is 416 g/mol. The number of aryl methyl sites for hydroxylation is 2. The molecule has 1 atom stereocenters. The monoisotopic (exact) mass is 450 g/mol. The Bertz CT molecular complexity index is 1040. The number of ether oxygens (including phenoxy) is 2. The van der Waals surface area contributed by atoms with E-state index < -0.39 is 0 Å². The minimum atomic E-state index is -0.221. The summed E-state index contributed by atoms with van der Waals surface area (Å²) in [6.45, 7) is 8.28. The number of piperazine rings is 1. The topological polar surface area (TPSA) is 57.6 Å². The second-order valence-electron chi connectivity index (χ2n) is 9.01. The first-order valence-corrected chi connectivity index (χ1v) is 11.5. The van der Waals surface area contributed by atoms with E-state index in [2.05, 4.69) is 48.9 Å². The van der Waals surface area contributed by atoms with Crippen LogP contribution in [0.1, 0.15) is 34.7 Å². The highest BCUT2D eigenvalue weighted by atomic mass is 16.5. The standard InChI is InChI=1S/C26H34N4O3/c1-18-6-8-21(19(2)14-18)23-16-24(22-9-7-20(32-4)15-25(22)33-5)30(27-23)26(31)17-29-12-10-28(3)11-13-29/h6-9,14-15,24H,10-13,16-17H2,1-5H3/t24-/m1/s1. The molecule has 0 radical (unpaired) electrons. The Morgan fingerprint density at radius 3 is 2.45 bits per heavy atom. The number of carbonyl (C=O) groups is 1. The Balaban J connectivity index is 1.66. The smallest absolute Gasteiger partial charge is 0.257 e. The van der Waals surface area contributed by atoms with Crippen LogP contribution in [0.3, 0.4) is 0 Å². The summed E-state index contributed by atoms with van der Waals surface area (Å²) in [5.41, 5.74) is 5.34. The molecule has 7 heteroatoms. The van der Waals surface area contributed by atoms with Gasteiger partial charge in [-0.25, -0.2) is 5.01 Å². The van der Waals surface area contributed by atoms with Crippen molar-refractivity contribution in [2.75, 3.05) is 54.0 Å². The van der Waals surface area contributed by atoms with E-state index in [1.54, 1.807) is 19.2 Å². The maximum absolute atomic E-state index is 13.5. The number of hydrazone groups is 1. The number of benzene rings is 2. The SMILES string of the molecule is COc1ccc([C@H]2CC(c3ccc(C)cc3C)=NN2C(=O)CN2CCN(C)CC2)c(OC)c1. The number of rotatable bonds is 6. The quantitative estimate of drug-likeness (QED) is 0.676. The van der Waals surface area contributed by atoms with Gasteiger partial charge >= 0.3 is 0 Å². The van der Waals surface area contributed by atoms with E-state index in [1.165, 1.54) is 11.1 Å². The first kappa shape index (κ1) is 23.3. The molecular formula is C26H34N4O3. The lowest BCUT2D eigenvalue weighted by Gasteiger charge is -2.33. The third-order valence-electron chi connectivity index (χ3n) is 6.61. The minimum Gasteiger partial charge on any atom is -0.497 e. The molecule has 0 N–H and O–H groups in total. The van der Waals surface area contributed by atoms with Gasteiger partial charge in [-0.1, -0.05) is 23.8 Å². The predicted octanol–water partition coefficient (Wildman–Crippen LogP) is 3.25. The highest BCUT2D eigenvalue weighted by Crippen LogP contribution is 2.39. The van der Waals surface area contributed by atoms with Gasteiger partial charge in [0.25, 0.3) is 5.91 Å². The van der Waals surface area contributed by atoms with E-state index >= 15 is 0 Å². The van der Waals surface area contributed by atoms with Crippen LogP contribution in [0.4, 0.5) is 0 Å². The second-order valence-corrected chi connectivity index (χ2v) is 9.01. The first-order valence-electron chi connectivity index (χ1n) is 11.5. The largest absolute Gasteiger partial charge is 0.497 e. The molecule has 0 unspecified atom stereocenters. The van der Waals surface area contributed by atoms with Gasteiger partial charge in [0.1, 0.15) is 11.5 Å². The van der Waals surface area contributed by atoms with Crippen molar-refractivity contribution in [3.8, 4) is 11.5 Å². The van der Waals surface area contributed by atoms with Crippen molar-refractivity contribution in [2.24, 2.45) is 5.10 Å². The van der Waals surface area contributed by atoms with Gasteiger partial charge in [0.05, 0.1) is 32.5 Å². The number of amides is 1. The van der Waals surface area contributed by atoms with Gasteiger partial charge in [-0.2, -0.15) is 5.10 Å². The molecule has 176 valence electrons. The van der Waals surface area contributed by atoms with Crippen LogP contribution in [0.5, 0.6) is 11.5 Å². The first-order chi connectivity index (χ1) is 15.9. The van der Waals surface area contributed by atoms with Crippen molar-refractivity contribution in [3.63, 3.8) is 0 Å². The summed E-state index contributed by atoms with van der Waals surface area (Å²) >= 11 is 0. The van der Waals surface area contributed by atoms with Gasteiger partial charge in [-0.3, -0.25) is 9.69 Å². The highest BCUT2D eigenvalue weighted by Gasteiger charge is 2.36. The molecule has 1 saturated heterocycles. The number of likely N-dealkylation sites (N-methyl/N-ethyl adjacent to an activating group) is 1. The van der Waals surface area contributed by atoms with E-state index in [4.69, 9.17) is 14.6 Å². The van der Waals surface area contributed by atoms with Crippen LogP contribution < -0.4 is 9.47 Å². The molecule has 2 aliphatic heterocycles. The van der Waals surface area contributed by atoms with Crippen molar-refractivity contribution in [2.45, 2.75) is 26.3 Å².